The molecule has 4 amide bonds. The molecule has 21 heavy (non-hydrogen) atoms. The molecule has 0 bridgehead atoms. The fourth-order valence-electron chi connectivity index (χ4n) is 1.94. The van der Waals surface area contributed by atoms with Crippen molar-refractivity contribution in [3.8, 4) is 0 Å². The van der Waals surface area contributed by atoms with Crippen molar-refractivity contribution in [2.24, 2.45) is 5.41 Å². The molecule has 0 atom stereocenters. The Morgan fingerprint density at radius 2 is 1.52 bits per heavy atom. The second-order valence-corrected chi connectivity index (χ2v) is 5.71. The topological polar surface area (TPSA) is 107 Å². The number of hydrogen-bond donors (Lipinski definition) is 2. The van der Waals surface area contributed by atoms with E-state index in [9.17, 15) is 19.2 Å². The molecule has 118 valence electrons. The van der Waals surface area contributed by atoms with E-state index in [-0.39, 0.29) is 12.3 Å². The van der Waals surface area contributed by atoms with Gasteiger partial charge in [-0.05, 0) is 13.8 Å². The lowest BCUT2D eigenvalue weighted by Crippen LogP contribution is -2.54. The zero-order chi connectivity index (χ0) is 16.2. The third-order valence-electron chi connectivity index (χ3n) is 3.44. The Morgan fingerprint density at radius 3 is 1.95 bits per heavy atom. The van der Waals surface area contributed by atoms with Crippen LogP contribution in [-0.4, -0.2) is 64.9 Å². The molecule has 1 fully saturated rings. The van der Waals surface area contributed by atoms with E-state index in [1.165, 1.54) is 25.7 Å². The highest BCUT2D eigenvalue weighted by atomic mass is 16.4. The molecular formula is C13H21N3O5. The number of piperazine rings is 1. The van der Waals surface area contributed by atoms with E-state index in [0.29, 0.717) is 26.2 Å². The number of carbonyl (C=O) groups excluding carboxylic acids is 3. The van der Waals surface area contributed by atoms with Gasteiger partial charge in [-0.15, -0.1) is 0 Å². The Morgan fingerprint density at radius 1 is 1.05 bits per heavy atom. The van der Waals surface area contributed by atoms with Crippen LogP contribution in [0.2, 0.25) is 0 Å². The minimum Gasteiger partial charge on any atom is -0.481 e. The molecule has 0 saturated carbocycles. The molecule has 1 saturated heterocycles. The first-order valence-electron chi connectivity index (χ1n) is 6.71. The molecule has 2 N–H and O–H groups in total. The zero-order valence-electron chi connectivity index (χ0n) is 12.5. The standard InChI is InChI=1S/C13H21N3O5/c1-9(17)15-4-6-16(7-5-15)12(21)14-10(18)8-13(2,3)11(19)20/h4-8H2,1-3H3,(H,19,20)(H,14,18,21). The molecule has 0 spiro atoms. The summed E-state index contributed by atoms with van der Waals surface area (Å²) in [5.41, 5.74) is -1.22. The van der Waals surface area contributed by atoms with Gasteiger partial charge in [-0.2, -0.15) is 0 Å². The number of urea groups is 1. The molecule has 8 nitrogen and oxygen atoms in total. The summed E-state index contributed by atoms with van der Waals surface area (Å²) in [5, 5.41) is 11.1. The van der Waals surface area contributed by atoms with Gasteiger partial charge in [0.1, 0.15) is 0 Å². The van der Waals surface area contributed by atoms with Crippen LogP contribution in [0.15, 0.2) is 0 Å². The van der Waals surface area contributed by atoms with Crippen molar-refractivity contribution in [3.63, 3.8) is 0 Å². The number of carboxylic acid groups (broad SMARTS) is 1. The van der Waals surface area contributed by atoms with Gasteiger partial charge in [0.25, 0.3) is 0 Å². The number of rotatable bonds is 3. The smallest absolute Gasteiger partial charge is 0.324 e. The second kappa shape index (κ2) is 6.55. The fourth-order valence-corrected chi connectivity index (χ4v) is 1.94. The van der Waals surface area contributed by atoms with Crippen molar-refractivity contribution < 1.29 is 24.3 Å². The number of hydrogen-bond acceptors (Lipinski definition) is 4. The van der Waals surface area contributed by atoms with Crippen LogP contribution in [0.25, 0.3) is 0 Å². The van der Waals surface area contributed by atoms with Crippen LogP contribution < -0.4 is 5.32 Å². The molecule has 0 aromatic carbocycles. The molecule has 1 heterocycles. The van der Waals surface area contributed by atoms with Crippen LogP contribution in [0, 0.1) is 5.41 Å². The predicted molar refractivity (Wildman–Crippen MR) is 73.4 cm³/mol. The van der Waals surface area contributed by atoms with Gasteiger partial charge in [0.2, 0.25) is 11.8 Å². The fraction of sp³-hybridized carbons (Fsp3) is 0.692. The maximum Gasteiger partial charge on any atom is 0.324 e. The highest BCUT2D eigenvalue weighted by molar-refractivity contribution is 5.96. The third-order valence-corrected chi connectivity index (χ3v) is 3.44. The summed E-state index contributed by atoms with van der Waals surface area (Å²) >= 11 is 0. The van der Waals surface area contributed by atoms with Crippen molar-refractivity contribution in [2.45, 2.75) is 27.2 Å². The van der Waals surface area contributed by atoms with Crippen molar-refractivity contribution >= 4 is 23.8 Å². The summed E-state index contributed by atoms with van der Waals surface area (Å²) < 4.78 is 0. The van der Waals surface area contributed by atoms with Gasteiger partial charge in [0.15, 0.2) is 0 Å². The Bertz CT molecular complexity index is 453. The molecule has 1 aliphatic heterocycles. The van der Waals surface area contributed by atoms with E-state index in [2.05, 4.69) is 5.32 Å². The van der Waals surface area contributed by atoms with E-state index in [0.717, 1.165) is 0 Å². The molecule has 0 aromatic heterocycles. The summed E-state index contributed by atoms with van der Waals surface area (Å²) in [6.07, 6.45) is -0.276. The molecule has 0 aliphatic carbocycles. The van der Waals surface area contributed by atoms with Crippen molar-refractivity contribution in [3.05, 3.63) is 0 Å². The van der Waals surface area contributed by atoms with Crippen molar-refractivity contribution in [2.75, 3.05) is 26.2 Å². The van der Waals surface area contributed by atoms with Gasteiger partial charge < -0.3 is 14.9 Å². The second-order valence-electron chi connectivity index (χ2n) is 5.71. The summed E-state index contributed by atoms with van der Waals surface area (Å²) in [5.74, 6) is -1.77. The van der Waals surface area contributed by atoms with Crippen LogP contribution in [0.4, 0.5) is 4.79 Å². The predicted octanol–water partition coefficient (Wildman–Crippen LogP) is -0.112. The highest BCUT2D eigenvalue weighted by Gasteiger charge is 2.31. The number of imide groups is 1. The number of carboxylic acids is 1. The number of nitrogens with zero attached hydrogens (tertiary/aromatic N) is 2. The minimum absolute atomic E-state index is 0.0469. The van der Waals surface area contributed by atoms with Crippen molar-refractivity contribution in [1.82, 2.24) is 15.1 Å². The maximum atomic E-state index is 11.9. The number of aliphatic carboxylic acids is 1. The largest absolute Gasteiger partial charge is 0.481 e. The van der Waals surface area contributed by atoms with Crippen LogP contribution in [0.5, 0.6) is 0 Å². The highest BCUT2D eigenvalue weighted by Crippen LogP contribution is 2.20. The summed E-state index contributed by atoms with van der Waals surface area (Å²) in [6, 6.07) is -0.551. The Kier molecular flexibility index (Phi) is 5.28. The van der Waals surface area contributed by atoms with E-state index in [1.54, 1.807) is 4.90 Å². The van der Waals surface area contributed by atoms with Gasteiger partial charge in [0, 0.05) is 39.5 Å². The lowest BCUT2D eigenvalue weighted by atomic mass is 9.89. The van der Waals surface area contributed by atoms with Crippen LogP contribution >= 0.6 is 0 Å². The van der Waals surface area contributed by atoms with Crippen molar-refractivity contribution in [1.29, 1.82) is 0 Å². The van der Waals surface area contributed by atoms with Gasteiger partial charge in [-0.1, -0.05) is 0 Å². The van der Waals surface area contributed by atoms with E-state index < -0.39 is 23.3 Å². The maximum absolute atomic E-state index is 11.9. The number of nitrogens with one attached hydrogen (secondary N) is 1. The molecule has 1 rings (SSSR count). The van der Waals surface area contributed by atoms with Crippen LogP contribution in [0.3, 0.4) is 0 Å². The van der Waals surface area contributed by atoms with E-state index in [4.69, 9.17) is 5.11 Å². The Hall–Kier alpha value is -2.12. The van der Waals surface area contributed by atoms with E-state index in [1.807, 2.05) is 0 Å². The van der Waals surface area contributed by atoms with Gasteiger partial charge in [0.05, 0.1) is 5.41 Å². The molecular weight excluding hydrogens is 278 g/mol. The quantitative estimate of drug-likeness (QED) is 0.756. The zero-order valence-corrected chi connectivity index (χ0v) is 12.5. The van der Waals surface area contributed by atoms with Crippen LogP contribution in [-0.2, 0) is 14.4 Å². The first kappa shape index (κ1) is 16.9. The first-order chi connectivity index (χ1) is 9.63. The lowest BCUT2D eigenvalue weighted by Gasteiger charge is -2.34. The monoisotopic (exact) mass is 299 g/mol. The van der Waals surface area contributed by atoms with E-state index >= 15 is 0 Å². The molecule has 0 aromatic rings. The van der Waals surface area contributed by atoms with Gasteiger partial charge >= 0.3 is 12.0 Å². The Labute approximate surface area is 123 Å². The number of amides is 4. The molecule has 0 unspecified atom stereocenters. The molecule has 1 aliphatic rings. The van der Waals surface area contributed by atoms with Crippen LogP contribution in [0.1, 0.15) is 27.2 Å². The average molecular weight is 299 g/mol. The summed E-state index contributed by atoms with van der Waals surface area (Å²) in [7, 11) is 0. The number of carbonyl (C=O) groups is 4. The average Bonchev–Trinajstić information content (AvgIpc) is 2.37. The SMILES string of the molecule is CC(=O)N1CCN(C(=O)NC(=O)CC(C)(C)C(=O)O)CC1. The molecule has 0 radical (unpaired) electrons. The molecule has 8 heteroatoms. The van der Waals surface area contributed by atoms with Gasteiger partial charge in [-0.3, -0.25) is 19.7 Å². The lowest BCUT2D eigenvalue weighted by molar-refractivity contribution is -0.149. The minimum atomic E-state index is -1.22. The normalized spacial score (nSPS) is 15.6. The Balaban J connectivity index is 2.46. The first-order valence-corrected chi connectivity index (χ1v) is 6.71. The summed E-state index contributed by atoms with van der Waals surface area (Å²) in [6.45, 7) is 5.86. The van der Waals surface area contributed by atoms with Gasteiger partial charge in [-0.25, -0.2) is 4.79 Å². The summed E-state index contributed by atoms with van der Waals surface area (Å²) in [4.78, 5) is 48.7. The third kappa shape index (κ3) is 4.73.